The molecule has 0 aliphatic rings. The lowest BCUT2D eigenvalue weighted by Gasteiger charge is -2.03. The highest BCUT2D eigenvalue weighted by Gasteiger charge is 2.03. The molecule has 0 unspecified atom stereocenters. The molecule has 1 aromatic carbocycles. The van der Waals surface area contributed by atoms with Gasteiger partial charge in [-0.05, 0) is 24.1 Å². The second-order valence-electron chi connectivity index (χ2n) is 2.56. The van der Waals surface area contributed by atoms with E-state index in [4.69, 9.17) is 29.0 Å². The molecule has 0 heterocycles. The van der Waals surface area contributed by atoms with Crippen molar-refractivity contribution in [1.82, 2.24) is 0 Å². The molecule has 4 heteroatoms. The number of hydrogen-bond acceptors (Lipinski definition) is 2. The minimum Gasteiger partial charge on any atom is -0.323 e. The van der Waals surface area contributed by atoms with Crippen molar-refractivity contribution in [3.05, 3.63) is 33.8 Å². The van der Waals surface area contributed by atoms with Gasteiger partial charge in [-0.2, -0.15) is 5.10 Å². The molecule has 0 saturated heterocycles. The Morgan fingerprint density at radius 1 is 1.38 bits per heavy atom. The Hall–Kier alpha value is -0.730. The van der Waals surface area contributed by atoms with Gasteiger partial charge in [-0.1, -0.05) is 36.2 Å². The lowest BCUT2D eigenvalue weighted by atomic mass is 10.1. The van der Waals surface area contributed by atoms with Gasteiger partial charge in [0.1, 0.15) is 0 Å². The average molecular weight is 217 g/mol. The zero-order chi connectivity index (χ0) is 9.84. The molecule has 0 aromatic heterocycles. The Labute approximate surface area is 87.3 Å². The molecule has 2 N–H and O–H groups in total. The van der Waals surface area contributed by atoms with Crippen LogP contribution < -0.4 is 5.84 Å². The van der Waals surface area contributed by atoms with E-state index >= 15 is 0 Å². The Balaban J connectivity index is 3.10. The summed E-state index contributed by atoms with van der Waals surface area (Å²) in [4.78, 5) is 0. The van der Waals surface area contributed by atoms with Crippen LogP contribution in [0.15, 0.2) is 23.3 Å². The van der Waals surface area contributed by atoms with Crippen LogP contribution in [0.2, 0.25) is 10.0 Å². The molecule has 0 atom stereocenters. The van der Waals surface area contributed by atoms with E-state index in [-0.39, 0.29) is 0 Å². The molecular formula is C9H10Cl2N2. The predicted molar refractivity (Wildman–Crippen MR) is 57.5 cm³/mol. The number of nitrogens with zero attached hydrogens (tertiary/aromatic N) is 1. The second kappa shape index (κ2) is 4.49. The molecule has 0 aliphatic heterocycles. The monoisotopic (exact) mass is 216 g/mol. The molecule has 13 heavy (non-hydrogen) atoms. The molecule has 0 radical (unpaired) electrons. The van der Waals surface area contributed by atoms with Gasteiger partial charge in [0.05, 0.1) is 15.8 Å². The lowest BCUT2D eigenvalue weighted by molar-refractivity contribution is 1.17. The van der Waals surface area contributed by atoms with Crippen LogP contribution in [-0.2, 0) is 0 Å². The molecule has 1 rings (SSSR count). The second-order valence-corrected chi connectivity index (χ2v) is 3.37. The number of nitrogens with two attached hydrogens (primary N) is 1. The third kappa shape index (κ3) is 2.36. The molecule has 1 aromatic rings. The quantitative estimate of drug-likeness (QED) is 0.461. The molecule has 0 spiro atoms. The normalized spacial score (nSPS) is 11.8. The van der Waals surface area contributed by atoms with Crippen LogP contribution in [0.1, 0.15) is 18.9 Å². The lowest BCUT2D eigenvalue weighted by Crippen LogP contribution is -2.02. The third-order valence-electron chi connectivity index (χ3n) is 1.74. The summed E-state index contributed by atoms with van der Waals surface area (Å²) >= 11 is 11.6. The van der Waals surface area contributed by atoms with Gasteiger partial charge in [-0.25, -0.2) is 0 Å². The SMILES string of the molecule is CC/C(=N/N)c1ccc(Cl)c(Cl)c1. The predicted octanol–water partition coefficient (Wildman–Crippen LogP) is 3.07. The summed E-state index contributed by atoms with van der Waals surface area (Å²) in [5, 5.41) is 4.72. The van der Waals surface area contributed by atoms with Crippen LogP contribution in [0.5, 0.6) is 0 Å². The highest BCUT2D eigenvalue weighted by atomic mass is 35.5. The molecule has 70 valence electrons. The summed E-state index contributed by atoms with van der Waals surface area (Å²) in [5.41, 5.74) is 1.73. The Kier molecular flexibility index (Phi) is 3.58. The minimum atomic E-state index is 0.522. The van der Waals surface area contributed by atoms with Gasteiger partial charge in [0.2, 0.25) is 0 Å². The first kappa shape index (κ1) is 10.4. The zero-order valence-corrected chi connectivity index (χ0v) is 8.73. The topological polar surface area (TPSA) is 38.4 Å². The Bertz CT molecular complexity index is 334. The summed E-state index contributed by atoms with van der Waals surface area (Å²) in [5.74, 6) is 5.22. The number of halogens is 2. The Morgan fingerprint density at radius 2 is 2.08 bits per heavy atom. The first-order valence-corrected chi connectivity index (χ1v) is 4.66. The largest absolute Gasteiger partial charge is 0.323 e. The number of benzene rings is 1. The van der Waals surface area contributed by atoms with Crippen LogP contribution in [0.25, 0.3) is 0 Å². The van der Waals surface area contributed by atoms with E-state index in [0.29, 0.717) is 10.0 Å². The summed E-state index contributed by atoms with van der Waals surface area (Å²) < 4.78 is 0. The molecule has 0 bridgehead atoms. The number of rotatable bonds is 2. The third-order valence-corrected chi connectivity index (χ3v) is 2.48. The van der Waals surface area contributed by atoms with E-state index in [1.807, 2.05) is 13.0 Å². The summed E-state index contributed by atoms with van der Waals surface area (Å²) in [7, 11) is 0. The van der Waals surface area contributed by atoms with E-state index in [9.17, 15) is 0 Å². The molecule has 0 aliphatic carbocycles. The number of hydrogen-bond donors (Lipinski definition) is 1. The Morgan fingerprint density at radius 3 is 2.54 bits per heavy atom. The van der Waals surface area contributed by atoms with Gasteiger partial charge in [0, 0.05) is 0 Å². The maximum Gasteiger partial charge on any atom is 0.0670 e. The van der Waals surface area contributed by atoms with Crippen LogP contribution in [0.3, 0.4) is 0 Å². The molecule has 2 nitrogen and oxygen atoms in total. The van der Waals surface area contributed by atoms with Gasteiger partial charge in [0.25, 0.3) is 0 Å². The van der Waals surface area contributed by atoms with Crippen molar-refractivity contribution in [2.45, 2.75) is 13.3 Å². The standard InChI is InChI=1S/C9H10Cl2N2/c1-2-9(13-12)6-3-4-7(10)8(11)5-6/h3-5H,2,12H2,1H3/b13-9-. The van der Waals surface area contributed by atoms with Crippen molar-refractivity contribution in [1.29, 1.82) is 0 Å². The van der Waals surface area contributed by atoms with Crippen molar-refractivity contribution in [2.24, 2.45) is 10.9 Å². The summed E-state index contributed by atoms with van der Waals surface area (Å²) in [6, 6.07) is 5.35. The van der Waals surface area contributed by atoms with Gasteiger partial charge >= 0.3 is 0 Å². The van der Waals surface area contributed by atoms with Crippen LogP contribution in [-0.4, -0.2) is 5.71 Å². The van der Waals surface area contributed by atoms with E-state index in [0.717, 1.165) is 17.7 Å². The van der Waals surface area contributed by atoms with E-state index in [2.05, 4.69) is 5.10 Å². The fraction of sp³-hybridized carbons (Fsp3) is 0.222. The first-order chi connectivity index (χ1) is 6.19. The van der Waals surface area contributed by atoms with Gasteiger partial charge < -0.3 is 5.84 Å². The van der Waals surface area contributed by atoms with Crippen molar-refractivity contribution < 1.29 is 0 Å². The summed E-state index contributed by atoms with van der Waals surface area (Å²) in [6.07, 6.45) is 0.772. The van der Waals surface area contributed by atoms with Crippen LogP contribution in [0.4, 0.5) is 0 Å². The van der Waals surface area contributed by atoms with Crippen molar-refractivity contribution >= 4 is 28.9 Å². The maximum atomic E-state index is 5.84. The van der Waals surface area contributed by atoms with E-state index < -0.39 is 0 Å². The average Bonchev–Trinajstić information content (AvgIpc) is 2.13. The zero-order valence-electron chi connectivity index (χ0n) is 7.22. The number of hydrazone groups is 1. The van der Waals surface area contributed by atoms with Crippen LogP contribution in [0, 0.1) is 0 Å². The van der Waals surface area contributed by atoms with Crippen LogP contribution >= 0.6 is 23.2 Å². The van der Waals surface area contributed by atoms with Crippen molar-refractivity contribution in [3.63, 3.8) is 0 Å². The fourth-order valence-electron chi connectivity index (χ4n) is 1.05. The fourth-order valence-corrected chi connectivity index (χ4v) is 1.34. The van der Waals surface area contributed by atoms with Gasteiger partial charge in [0.15, 0.2) is 0 Å². The minimum absolute atomic E-state index is 0.522. The van der Waals surface area contributed by atoms with Crippen molar-refractivity contribution in [2.75, 3.05) is 0 Å². The highest BCUT2D eigenvalue weighted by Crippen LogP contribution is 2.23. The smallest absolute Gasteiger partial charge is 0.0670 e. The van der Waals surface area contributed by atoms with Gasteiger partial charge in [-0.3, -0.25) is 0 Å². The summed E-state index contributed by atoms with van der Waals surface area (Å²) in [6.45, 7) is 1.98. The molecule has 0 fully saturated rings. The van der Waals surface area contributed by atoms with Gasteiger partial charge in [-0.15, -0.1) is 0 Å². The molecule has 0 saturated carbocycles. The first-order valence-electron chi connectivity index (χ1n) is 3.91. The molecule has 0 amide bonds. The van der Waals surface area contributed by atoms with E-state index in [1.54, 1.807) is 12.1 Å². The maximum absolute atomic E-state index is 5.84. The molecular weight excluding hydrogens is 207 g/mol. The van der Waals surface area contributed by atoms with E-state index in [1.165, 1.54) is 0 Å². The highest BCUT2D eigenvalue weighted by molar-refractivity contribution is 6.42. The van der Waals surface area contributed by atoms with Crippen molar-refractivity contribution in [3.8, 4) is 0 Å².